The predicted octanol–water partition coefficient (Wildman–Crippen LogP) is 3.36. The number of nitro groups is 1. The lowest BCUT2D eigenvalue weighted by molar-refractivity contribution is -0.384. The lowest BCUT2D eigenvalue weighted by atomic mass is 9.80. The van der Waals surface area contributed by atoms with Crippen LogP contribution in [-0.4, -0.2) is 36.4 Å². The monoisotopic (exact) mass is 455 g/mol. The highest BCUT2D eigenvalue weighted by Crippen LogP contribution is 2.40. The van der Waals surface area contributed by atoms with Crippen molar-refractivity contribution >= 4 is 17.6 Å². The molecule has 1 unspecified atom stereocenters. The molecular weight excluding hydrogens is 430 g/mol. The van der Waals surface area contributed by atoms with Crippen molar-refractivity contribution in [3.8, 4) is 6.07 Å². The van der Waals surface area contributed by atoms with Crippen LogP contribution in [0.25, 0.3) is 0 Å². The first kappa shape index (κ1) is 23.9. The number of nitrogens with zero attached hydrogens (tertiary/aromatic N) is 2. The van der Waals surface area contributed by atoms with Crippen LogP contribution in [0, 0.1) is 21.4 Å². The van der Waals surface area contributed by atoms with Gasteiger partial charge in [-0.1, -0.05) is 12.1 Å². The molecule has 0 aromatic heterocycles. The number of nitro benzene ring substituents is 1. The number of nitrogens with one attached hydrogen (secondary N) is 1. The van der Waals surface area contributed by atoms with Crippen LogP contribution in [-0.2, 0) is 23.8 Å². The van der Waals surface area contributed by atoms with Crippen LogP contribution < -0.4 is 5.32 Å². The third kappa shape index (κ3) is 5.56. The molecule has 10 nitrogen and oxygen atoms in total. The van der Waals surface area contributed by atoms with E-state index in [1.807, 2.05) is 6.07 Å². The molecule has 1 fully saturated rings. The van der Waals surface area contributed by atoms with Crippen molar-refractivity contribution < 1.29 is 28.7 Å². The Labute approximate surface area is 191 Å². The van der Waals surface area contributed by atoms with Crippen molar-refractivity contribution in [1.82, 2.24) is 5.32 Å². The van der Waals surface area contributed by atoms with Gasteiger partial charge >= 0.3 is 11.9 Å². The van der Waals surface area contributed by atoms with E-state index in [0.717, 1.165) is 12.8 Å². The number of benzene rings is 1. The molecule has 3 rings (SSSR count). The molecule has 0 aliphatic carbocycles. The van der Waals surface area contributed by atoms with Crippen LogP contribution in [0.5, 0.6) is 0 Å². The maximum absolute atomic E-state index is 13.3. The molecule has 174 valence electrons. The Balaban J connectivity index is 2.04. The van der Waals surface area contributed by atoms with Crippen LogP contribution in [0.2, 0.25) is 0 Å². The second kappa shape index (κ2) is 10.7. The summed E-state index contributed by atoms with van der Waals surface area (Å²) in [5.41, 5.74) is 1.35. The number of ether oxygens (including phenoxy) is 3. The van der Waals surface area contributed by atoms with E-state index in [0.29, 0.717) is 30.0 Å². The predicted molar refractivity (Wildman–Crippen MR) is 115 cm³/mol. The van der Waals surface area contributed by atoms with E-state index < -0.39 is 29.1 Å². The van der Waals surface area contributed by atoms with E-state index in [9.17, 15) is 19.7 Å². The molecule has 1 N–H and O–H groups in total. The van der Waals surface area contributed by atoms with Crippen LogP contribution >= 0.6 is 0 Å². The Bertz CT molecular complexity index is 1050. The molecule has 2 aliphatic heterocycles. The molecule has 1 aromatic carbocycles. The summed E-state index contributed by atoms with van der Waals surface area (Å²) in [6.07, 6.45) is 1.61. The maximum atomic E-state index is 13.3. The van der Waals surface area contributed by atoms with Gasteiger partial charge in [-0.2, -0.15) is 5.26 Å². The van der Waals surface area contributed by atoms with Crippen molar-refractivity contribution in [2.24, 2.45) is 0 Å². The Hall–Kier alpha value is -3.71. The largest absolute Gasteiger partial charge is 0.461 e. The van der Waals surface area contributed by atoms with Crippen molar-refractivity contribution in [3.05, 3.63) is 62.5 Å². The lowest BCUT2D eigenvalue weighted by Crippen LogP contribution is -2.34. The first-order valence-electron chi connectivity index (χ1n) is 10.6. The number of rotatable bonds is 7. The summed E-state index contributed by atoms with van der Waals surface area (Å²) in [4.78, 5) is 37.1. The summed E-state index contributed by atoms with van der Waals surface area (Å²) in [6.45, 7) is 3.69. The summed E-state index contributed by atoms with van der Waals surface area (Å²) in [6, 6.07) is 7.65. The van der Waals surface area contributed by atoms with Crippen molar-refractivity contribution in [2.75, 3.05) is 13.2 Å². The Morgan fingerprint density at radius 2 is 1.97 bits per heavy atom. The van der Waals surface area contributed by atoms with Gasteiger partial charge in [0.1, 0.15) is 6.61 Å². The number of hydrogen-bond donors (Lipinski definition) is 1. The smallest absolute Gasteiger partial charge is 0.339 e. The van der Waals surface area contributed by atoms with Crippen molar-refractivity contribution in [1.29, 1.82) is 5.26 Å². The van der Waals surface area contributed by atoms with Gasteiger partial charge in [-0.05, 0) is 32.3 Å². The summed E-state index contributed by atoms with van der Waals surface area (Å²) in [7, 11) is 0. The summed E-state index contributed by atoms with van der Waals surface area (Å²) in [5, 5.41) is 23.1. The molecule has 2 atom stereocenters. The zero-order valence-corrected chi connectivity index (χ0v) is 18.5. The van der Waals surface area contributed by atoms with E-state index in [4.69, 9.17) is 19.5 Å². The number of hydrogen-bond acceptors (Lipinski definition) is 9. The normalized spacial score (nSPS) is 20.5. The molecule has 1 aromatic rings. The molecule has 0 amide bonds. The fraction of sp³-hybridized carbons (Fsp3) is 0.435. The van der Waals surface area contributed by atoms with Gasteiger partial charge in [0.2, 0.25) is 6.29 Å². The number of non-ortho nitro benzene ring substituents is 1. The van der Waals surface area contributed by atoms with Crippen LogP contribution in [0.4, 0.5) is 5.69 Å². The fourth-order valence-electron chi connectivity index (χ4n) is 3.94. The van der Waals surface area contributed by atoms with Gasteiger partial charge in [0.15, 0.2) is 0 Å². The number of carbonyl (C=O) groups is 2. The third-order valence-electron chi connectivity index (χ3n) is 5.44. The molecule has 0 radical (unpaired) electrons. The fourth-order valence-corrected chi connectivity index (χ4v) is 3.94. The Kier molecular flexibility index (Phi) is 7.79. The van der Waals surface area contributed by atoms with Crippen molar-refractivity contribution in [2.45, 2.75) is 51.7 Å². The summed E-state index contributed by atoms with van der Waals surface area (Å²) >= 11 is 0. The number of carbonyl (C=O) groups excluding carboxylic acids is 2. The lowest BCUT2D eigenvalue weighted by Gasteiger charge is -2.31. The minimum absolute atomic E-state index is 0.00968. The minimum atomic E-state index is -0.961. The van der Waals surface area contributed by atoms with Crippen LogP contribution in [0.1, 0.15) is 51.0 Å². The minimum Gasteiger partial charge on any atom is -0.461 e. The van der Waals surface area contributed by atoms with Gasteiger partial charge in [0, 0.05) is 29.9 Å². The highest BCUT2D eigenvalue weighted by Gasteiger charge is 2.39. The van der Waals surface area contributed by atoms with Gasteiger partial charge in [-0.3, -0.25) is 10.1 Å². The number of dihydropyridines is 1. The molecule has 10 heteroatoms. The van der Waals surface area contributed by atoms with E-state index >= 15 is 0 Å². The van der Waals surface area contributed by atoms with Gasteiger partial charge in [-0.25, -0.2) is 9.59 Å². The molecular formula is C23H25N3O7. The van der Waals surface area contributed by atoms with Crippen LogP contribution in [0.3, 0.4) is 0 Å². The molecule has 0 saturated carbocycles. The molecule has 1 saturated heterocycles. The standard InChI is InChI=1S/C23H25N3O7/c1-14-19(22(27)32-12-6-10-24)21(16-7-5-8-17(13-16)26(29)30)20(15(2)25-14)23(28)33-18-9-3-4-11-31-18/h5,7-8,13,18,21,25H,3-4,6,9,11-12H2,1-2H3/t18?,21-/m0/s1. The molecule has 2 aliphatic rings. The van der Waals surface area contributed by atoms with Gasteiger partial charge in [-0.15, -0.1) is 0 Å². The quantitative estimate of drug-likeness (QED) is 0.283. The summed E-state index contributed by atoms with van der Waals surface area (Å²) in [5.74, 6) is -2.37. The van der Waals surface area contributed by atoms with Gasteiger partial charge in [0.25, 0.3) is 5.69 Å². The van der Waals surface area contributed by atoms with E-state index in [2.05, 4.69) is 5.32 Å². The van der Waals surface area contributed by atoms with E-state index in [1.165, 1.54) is 18.2 Å². The van der Waals surface area contributed by atoms with Crippen LogP contribution in [0.15, 0.2) is 46.8 Å². The first-order chi connectivity index (χ1) is 15.8. The average Bonchev–Trinajstić information content (AvgIpc) is 2.79. The zero-order valence-electron chi connectivity index (χ0n) is 18.5. The highest BCUT2D eigenvalue weighted by atomic mass is 16.7. The van der Waals surface area contributed by atoms with E-state index in [-0.39, 0.29) is 29.9 Å². The highest BCUT2D eigenvalue weighted by molar-refractivity contribution is 6.00. The Morgan fingerprint density at radius 1 is 1.24 bits per heavy atom. The average molecular weight is 455 g/mol. The van der Waals surface area contributed by atoms with Crippen molar-refractivity contribution in [3.63, 3.8) is 0 Å². The SMILES string of the molecule is CC1=C(C(=O)OCCC#N)[C@H](c2cccc([N+](=O)[O-])c2)C(C(=O)OC2CCCCO2)=C(C)N1. The second-order valence-electron chi connectivity index (χ2n) is 7.73. The number of allylic oxidation sites excluding steroid dienone is 2. The number of esters is 2. The zero-order chi connectivity index (χ0) is 24.0. The third-order valence-corrected chi connectivity index (χ3v) is 5.44. The molecule has 0 spiro atoms. The molecule has 0 bridgehead atoms. The first-order valence-corrected chi connectivity index (χ1v) is 10.6. The Morgan fingerprint density at radius 3 is 2.61 bits per heavy atom. The molecule has 33 heavy (non-hydrogen) atoms. The summed E-state index contributed by atoms with van der Waals surface area (Å²) < 4.78 is 16.3. The van der Waals surface area contributed by atoms with E-state index in [1.54, 1.807) is 19.9 Å². The maximum Gasteiger partial charge on any atom is 0.339 e. The second-order valence-corrected chi connectivity index (χ2v) is 7.73. The topological polar surface area (TPSA) is 141 Å². The number of nitriles is 1. The van der Waals surface area contributed by atoms with Gasteiger partial charge < -0.3 is 19.5 Å². The van der Waals surface area contributed by atoms with Gasteiger partial charge in [0.05, 0.1) is 41.1 Å². The molecule has 2 heterocycles.